The fourth-order valence-corrected chi connectivity index (χ4v) is 2.59. The van der Waals surface area contributed by atoms with Crippen LogP contribution in [0.25, 0.3) is 0 Å². The first-order valence-corrected chi connectivity index (χ1v) is 8.49. The third kappa shape index (κ3) is 4.24. The van der Waals surface area contributed by atoms with Crippen molar-refractivity contribution in [1.82, 2.24) is 0 Å². The lowest BCUT2D eigenvalue weighted by molar-refractivity contribution is -0.385. The van der Waals surface area contributed by atoms with Crippen LogP contribution >= 0.6 is 0 Å². The maximum atomic E-state index is 12.5. The van der Waals surface area contributed by atoms with Gasteiger partial charge in [-0.05, 0) is 19.1 Å². The highest BCUT2D eigenvalue weighted by atomic mass is 16.6. The van der Waals surface area contributed by atoms with Crippen molar-refractivity contribution in [3.05, 3.63) is 57.6 Å². The quantitative estimate of drug-likeness (QED) is 0.461. The number of anilines is 1. The summed E-state index contributed by atoms with van der Waals surface area (Å²) >= 11 is 0. The van der Waals surface area contributed by atoms with Crippen LogP contribution in [0.4, 0.5) is 11.4 Å². The highest BCUT2D eigenvalue weighted by molar-refractivity contribution is 5.99. The van der Waals surface area contributed by atoms with Gasteiger partial charge in [0.15, 0.2) is 17.6 Å². The van der Waals surface area contributed by atoms with Crippen molar-refractivity contribution in [3.8, 4) is 17.6 Å². The molecule has 0 radical (unpaired) electrons. The molecule has 0 spiro atoms. The second kappa shape index (κ2) is 8.26. The Balaban J connectivity index is 1.78. The van der Waals surface area contributed by atoms with E-state index in [0.29, 0.717) is 0 Å². The maximum absolute atomic E-state index is 12.5. The summed E-state index contributed by atoms with van der Waals surface area (Å²) in [6.45, 7) is 1.78. The van der Waals surface area contributed by atoms with Crippen LogP contribution < -0.4 is 14.8 Å². The molecule has 2 aromatic rings. The van der Waals surface area contributed by atoms with Gasteiger partial charge in [-0.2, -0.15) is 5.26 Å². The molecule has 0 saturated heterocycles. The van der Waals surface area contributed by atoms with Gasteiger partial charge in [-0.3, -0.25) is 14.9 Å². The molecule has 29 heavy (non-hydrogen) atoms. The predicted molar refractivity (Wildman–Crippen MR) is 98.8 cm³/mol. The molecule has 10 nitrogen and oxygen atoms in total. The number of hydrogen-bond donors (Lipinski definition) is 1. The van der Waals surface area contributed by atoms with Crippen molar-refractivity contribution in [1.29, 1.82) is 5.26 Å². The number of nitro benzene ring substituents is 1. The summed E-state index contributed by atoms with van der Waals surface area (Å²) in [5, 5.41) is 22.9. The molecule has 0 bridgehead atoms. The number of carbonyl (C=O) groups is 2. The van der Waals surface area contributed by atoms with Crippen LogP contribution in [0.3, 0.4) is 0 Å². The first-order chi connectivity index (χ1) is 13.9. The molecule has 0 aliphatic carbocycles. The molecule has 1 atom stereocenters. The minimum atomic E-state index is -1.28. The van der Waals surface area contributed by atoms with Crippen molar-refractivity contribution in [2.45, 2.75) is 13.0 Å². The lowest BCUT2D eigenvalue weighted by atomic mass is 10.1. The van der Waals surface area contributed by atoms with E-state index in [1.165, 1.54) is 19.1 Å². The summed E-state index contributed by atoms with van der Waals surface area (Å²) in [6.07, 6.45) is -1.28. The summed E-state index contributed by atoms with van der Waals surface area (Å²) in [6, 6.07) is 10.5. The number of nitro groups is 1. The second-order valence-electron chi connectivity index (χ2n) is 5.96. The number of amides is 1. The van der Waals surface area contributed by atoms with Crippen molar-refractivity contribution in [2.24, 2.45) is 0 Å². The maximum Gasteiger partial charge on any atom is 0.346 e. The number of ether oxygens (including phenoxy) is 3. The molecule has 1 amide bonds. The number of benzene rings is 2. The highest BCUT2D eigenvalue weighted by Crippen LogP contribution is 2.37. The van der Waals surface area contributed by atoms with E-state index in [2.05, 4.69) is 5.32 Å². The van der Waals surface area contributed by atoms with Crippen LogP contribution in [0.2, 0.25) is 0 Å². The van der Waals surface area contributed by atoms with Gasteiger partial charge in [0.25, 0.3) is 11.6 Å². The number of para-hydroxylation sites is 1. The van der Waals surface area contributed by atoms with E-state index in [4.69, 9.17) is 19.5 Å². The van der Waals surface area contributed by atoms with Crippen LogP contribution in [0.15, 0.2) is 36.4 Å². The second-order valence-corrected chi connectivity index (χ2v) is 5.96. The fraction of sp³-hybridized carbons (Fsp3) is 0.211. The Morgan fingerprint density at radius 3 is 2.55 bits per heavy atom. The van der Waals surface area contributed by atoms with Gasteiger partial charge in [0.2, 0.25) is 0 Å². The van der Waals surface area contributed by atoms with Gasteiger partial charge >= 0.3 is 5.97 Å². The molecular weight excluding hydrogens is 382 g/mol. The number of carbonyl (C=O) groups excluding carboxylic acids is 2. The van der Waals surface area contributed by atoms with Crippen LogP contribution in [-0.2, 0) is 9.53 Å². The number of esters is 1. The molecule has 2 aromatic carbocycles. The molecule has 1 N–H and O–H groups in total. The van der Waals surface area contributed by atoms with E-state index in [-0.39, 0.29) is 41.5 Å². The lowest BCUT2D eigenvalue weighted by Gasteiger charge is -2.19. The Labute approximate surface area is 164 Å². The van der Waals surface area contributed by atoms with Gasteiger partial charge in [-0.15, -0.1) is 0 Å². The van der Waals surface area contributed by atoms with Gasteiger partial charge in [0.05, 0.1) is 22.2 Å². The molecule has 10 heteroatoms. The summed E-state index contributed by atoms with van der Waals surface area (Å²) in [7, 11) is 0. The number of fused-ring (bicyclic) bond motifs is 1. The minimum absolute atomic E-state index is 0.151. The molecule has 1 aliphatic rings. The average molecular weight is 397 g/mol. The van der Waals surface area contributed by atoms with Gasteiger partial charge in [-0.25, -0.2) is 4.79 Å². The van der Waals surface area contributed by atoms with E-state index < -0.39 is 28.6 Å². The Bertz CT molecular complexity index is 1030. The zero-order chi connectivity index (χ0) is 21.0. The largest absolute Gasteiger partial charge is 0.486 e. The average Bonchev–Trinajstić information content (AvgIpc) is 2.72. The number of nitriles is 1. The number of nitrogens with zero attached hydrogens (tertiary/aromatic N) is 2. The Morgan fingerprint density at radius 2 is 1.90 bits per heavy atom. The molecule has 0 unspecified atom stereocenters. The smallest absolute Gasteiger partial charge is 0.346 e. The van der Waals surface area contributed by atoms with Gasteiger partial charge < -0.3 is 19.5 Å². The predicted octanol–water partition coefficient (Wildman–Crippen LogP) is 2.42. The summed E-state index contributed by atoms with van der Waals surface area (Å²) < 4.78 is 15.7. The van der Waals surface area contributed by atoms with E-state index in [1.54, 1.807) is 12.1 Å². The molecular formula is C19H15N3O7. The Hall–Kier alpha value is -4.13. The van der Waals surface area contributed by atoms with Crippen LogP contribution in [0.1, 0.15) is 22.8 Å². The topological polar surface area (TPSA) is 141 Å². The highest BCUT2D eigenvalue weighted by Gasteiger charge is 2.29. The zero-order valence-corrected chi connectivity index (χ0v) is 15.2. The molecule has 0 fully saturated rings. The van der Waals surface area contributed by atoms with Crippen molar-refractivity contribution in [3.63, 3.8) is 0 Å². The Morgan fingerprint density at radius 1 is 1.24 bits per heavy atom. The van der Waals surface area contributed by atoms with Crippen LogP contribution in [-0.4, -0.2) is 36.1 Å². The molecule has 1 aliphatic heterocycles. The van der Waals surface area contributed by atoms with Gasteiger partial charge in [0, 0.05) is 6.07 Å². The Kier molecular flexibility index (Phi) is 5.59. The van der Waals surface area contributed by atoms with E-state index in [1.807, 2.05) is 6.07 Å². The number of rotatable bonds is 5. The van der Waals surface area contributed by atoms with Gasteiger partial charge in [0.1, 0.15) is 24.8 Å². The molecule has 1 heterocycles. The third-order valence-electron chi connectivity index (χ3n) is 4.04. The summed E-state index contributed by atoms with van der Waals surface area (Å²) in [5.41, 5.74) is -0.395. The molecule has 148 valence electrons. The molecule has 0 aromatic heterocycles. The van der Waals surface area contributed by atoms with Gasteiger partial charge in [-0.1, -0.05) is 12.1 Å². The van der Waals surface area contributed by atoms with E-state index in [0.717, 1.165) is 12.1 Å². The normalized spacial score (nSPS) is 13.0. The summed E-state index contributed by atoms with van der Waals surface area (Å²) in [4.78, 5) is 35.4. The lowest BCUT2D eigenvalue weighted by Crippen LogP contribution is -2.30. The van der Waals surface area contributed by atoms with Crippen LogP contribution in [0.5, 0.6) is 11.5 Å². The first-order valence-electron chi connectivity index (χ1n) is 8.49. The summed E-state index contributed by atoms with van der Waals surface area (Å²) in [5.74, 6) is -1.43. The molecule has 3 rings (SSSR count). The van der Waals surface area contributed by atoms with Crippen LogP contribution in [0, 0.1) is 21.4 Å². The first kappa shape index (κ1) is 19.6. The van der Waals surface area contributed by atoms with E-state index >= 15 is 0 Å². The monoisotopic (exact) mass is 397 g/mol. The standard InChI is InChI=1S/C19H15N3O7/c1-11(18(23)21-14-5-3-2-4-12(14)10-20)29-19(24)13-8-16-17(28-7-6-27-16)9-15(13)22(25)26/h2-5,8-9,11H,6-7H2,1H3,(H,21,23)/t11-/m0/s1. The number of hydrogen-bond acceptors (Lipinski definition) is 8. The third-order valence-corrected chi connectivity index (χ3v) is 4.04. The number of nitrogens with one attached hydrogen (secondary N) is 1. The SMILES string of the molecule is C[C@H](OC(=O)c1cc2c(cc1[N+](=O)[O-])OCCO2)C(=O)Nc1ccccc1C#N. The fourth-order valence-electron chi connectivity index (χ4n) is 2.59. The molecule has 0 saturated carbocycles. The minimum Gasteiger partial charge on any atom is -0.486 e. The van der Waals surface area contributed by atoms with Crippen molar-refractivity contribution >= 4 is 23.3 Å². The van der Waals surface area contributed by atoms with E-state index in [9.17, 15) is 19.7 Å². The van der Waals surface area contributed by atoms with Crippen molar-refractivity contribution in [2.75, 3.05) is 18.5 Å². The van der Waals surface area contributed by atoms with Crippen molar-refractivity contribution < 1.29 is 28.7 Å². The zero-order valence-electron chi connectivity index (χ0n) is 15.2.